The van der Waals surface area contributed by atoms with Crippen LogP contribution < -0.4 is 0 Å². The van der Waals surface area contributed by atoms with Gasteiger partial charge in [0.25, 0.3) is 0 Å². The molecule has 0 saturated heterocycles. The van der Waals surface area contributed by atoms with Gasteiger partial charge in [-0.15, -0.1) is 6.58 Å². The summed E-state index contributed by atoms with van der Waals surface area (Å²) in [5.74, 6) is -0.213. The second-order valence-electron chi connectivity index (χ2n) is 3.35. The molecule has 1 atom stereocenters. The molecular weight excluding hydrogens is 176 g/mol. The van der Waals surface area contributed by atoms with Crippen molar-refractivity contribution in [1.82, 2.24) is 0 Å². The first-order chi connectivity index (χ1) is 6.61. The summed E-state index contributed by atoms with van der Waals surface area (Å²) >= 11 is 0. The van der Waals surface area contributed by atoms with Crippen molar-refractivity contribution in [3.05, 3.63) is 24.3 Å². The van der Waals surface area contributed by atoms with Crippen molar-refractivity contribution in [2.24, 2.45) is 0 Å². The highest BCUT2D eigenvalue weighted by Gasteiger charge is 2.12. The third-order valence-corrected chi connectivity index (χ3v) is 2.15. The van der Waals surface area contributed by atoms with E-state index in [1.54, 1.807) is 0 Å². The monoisotopic (exact) mass is 196 g/mol. The van der Waals surface area contributed by atoms with Crippen LogP contribution in [0.5, 0.6) is 0 Å². The van der Waals surface area contributed by atoms with Crippen LogP contribution >= 0.6 is 0 Å². The Labute approximate surface area is 86.6 Å². The summed E-state index contributed by atoms with van der Waals surface area (Å²) in [6.45, 7) is 9.05. The molecule has 0 saturated carbocycles. The summed E-state index contributed by atoms with van der Waals surface area (Å²) in [5, 5.41) is 0. The van der Waals surface area contributed by atoms with E-state index >= 15 is 0 Å². The highest BCUT2D eigenvalue weighted by Crippen LogP contribution is 2.14. The van der Waals surface area contributed by atoms with Crippen LogP contribution in [0.4, 0.5) is 0 Å². The minimum Gasteiger partial charge on any atom is -0.458 e. The van der Waals surface area contributed by atoms with E-state index in [0.717, 1.165) is 24.8 Å². The van der Waals surface area contributed by atoms with Gasteiger partial charge in [-0.2, -0.15) is 0 Å². The lowest BCUT2D eigenvalue weighted by molar-refractivity contribution is -0.144. The summed E-state index contributed by atoms with van der Waals surface area (Å²) in [7, 11) is 0. The Balaban J connectivity index is 4.10. The zero-order valence-electron chi connectivity index (χ0n) is 9.38. The van der Waals surface area contributed by atoms with E-state index in [1.165, 1.54) is 6.92 Å². The fourth-order valence-corrected chi connectivity index (χ4v) is 1.21. The van der Waals surface area contributed by atoms with Crippen molar-refractivity contribution in [3.8, 4) is 0 Å². The summed E-state index contributed by atoms with van der Waals surface area (Å²) in [6, 6.07) is 0. The molecular formula is C12H20O2. The Morgan fingerprint density at radius 3 is 2.57 bits per heavy atom. The lowest BCUT2D eigenvalue weighted by Crippen LogP contribution is -2.17. The Kier molecular flexibility index (Phi) is 6.81. The average Bonchev–Trinajstić information content (AvgIpc) is 2.15. The smallest absolute Gasteiger partial charge is 0.303 e. The number of rotatable bonds is 6. The summed E-state index contributed by atoms with van der Waals surface area (Å²) in [5.41, 5.74) is 1.12. The molecule has 0 spiro atoms. The van der Waals surface area contributed by atoms with Crippen molar-refractivity contribution < 1.29 is 9.53 Å². The molecule has 14 heavy (non-hydrogen) atoms. The summed E-state index contributed by atoms with van der Waals surface area (Å²) in [4.78, 5) is 10.8. The van der Waals surface area contributed by atoms with Gasteiger partial charge in [0, 0.05) is 6.92 Å². The second-order valence-corrected chi connectivity index (χ2v) is 3.35. The molecule has 0 aliphatic heterocycles. The fourth-order valence-electron chi connectivity index (χ4n) is 1.21. The molecule has 0 aliphatic rings. The number of ether oxygens (including phenoxy) is 1. The molecule has 80 valence electrons. The standard InChI is InChI=1S/C12H20O2/c1-5-7-8-9-12(10(3)6-2)14-11(4)13/h5-6,12H,1,7-9H2,2-4H3/b10-6+/t12-/m1/s1. The summed E-state index contributed by atoms with van der Waals surface area (Å²) in [6.07, 6.45) is 6.66. The number of carbonyl (C=O) groups excluding carboxylic acids is 1. The molecule has 0 aromatic rings. The van der Waals surface area contributed by atoms with Crippen LogP contribution in [-0.4, -0.2) is 12.1 Å². The van der Waals surface area contributed by atoms with E-state index in [4.69, 9.17) is 4.74 Å². The van der Waals surface area contributed by atoms with Crippen molar-refractivity contribution in [3.63, 3.8) is 0 Å². The van der Waals surface area contributed by atoms with Crippen LogP contribution in [0, 0.1) is 0 Å². The van der Waals surface area contributed by atoms with Crippen molar-refractivity contribution in [2.75, 3.05) is 0 Å². The van der Waals surface area contributed by atoms with Gasteiger partial charge < -0.3 is 4.74 Å². The molecule has 0 N–H and O–H groups in total. The normalized spacial score (nSPS) is 13.5. The Morgan fingerprint density at radius 2 is 2.14 bits per heavy atom. The zero-order valence-corrected chi connectivity index (χ0v) is 9.38. The third-order valence-electron chi connectivity index (χ3n) is 2.15. The van der Waals surface area contributed by atoms with Crippen molar-refractivity contribution in [1.29, 1.82) is 0 Å². The van der Waals surface area contributed by atoms with Gasteiger partial charge in [-0.25, -0.2) is 0 Å². The first kappa shape index (κ1) is 12.9. The number of unbranched alkanes of at least 4 members (excludes halogenated alkanes) is 1. The molecule has 0 heterocycles. The largest absolute Gasteiger partial charge is 0.458 e. The Hall–Kier alpha value is -1.05. The molecule has 0 unspecified atom stereocenters. The highest BCUT2D eigenvalue weighted by atomic mass is 16.5. The fraction of sp³-hybridized carbons (Fsp3) is 0.583. The molecule has 0 aromatic carbocycles. The lowest BCUT2D eigenvalue weighted by atomic mass is 10.1. The summed E-state index contributed by atoms with van der Waals surface area (Å²) < 4.78 is 5.21. The highest BCUT2D eigenvalue weighted by molar-refractivity contribution is 5.66. The van der Waals surface area contributed by atoms with Gasteiger partial charge in [-0.1, -0.05) is 12.2 Å². The van der Waals surface area contributed by atoms with Crippen LogP contribution in [0.1, 0.15) is 40.0 Å². The first-order valence-electron chi connectivity index (χ1n) is 5.02. The van der Waals surface area contributed by atoms with E-state index in [2.05, 4.69) is 6.58 Å². The molecule has 0 aromatic heterocycles. The van der Waals surface area contributed by atoms with Crippen molar-refractivity contribution >= 4 is 5.97 Å². The van der Waals surface area contributed by atoms with Gasteiger partial charge in [0.05, 0.1) is 0 Å². The van der Waals surface area contributed by atoms with E-state index in [-0.39, 0.29) is 12.1 Å². The predicted molar refractivity (Wildman–Crippen MR) is 59.0 cm³/mol. The Morgan fingerprint density at radius 1 is 1.50 bits per heavy atom. The minimum absolute atomic E-state index is 0.0579. The first-order valence-corrected chi connectivity index (χ1v) is 5.02. The molecule has 0 aliphatic carbocycles. The molecule has 0 bridgehead atoms. The maximum Gasteiger partial charge on any atom is 0.303 e. The molecule has 0 rings (SSSR count). The van der Waals surface area contributed by atoms with Gasteiger partial charge in [0.2, 0.25) is 0 Å². The number of esters is 1. The predicted octanol–water partition coefficient (Wildman–Crippen LogP) is 3.24. The lowest BCUT2D eigenvalue weighted by Gasteiger charge is -2.17. The number of carbonyl (C=O) groups is 1. The van der Waals surface area contributed by atoms with Crippen LogP contribution in [0.2, 0.25) is 0 Å². The van der Waals surface area contributed by atoms with Gasteiger partial charge in [0.1, 0.15) is 6.10 Å². The van der Waals surface area contributed by atoms with Gasteiger partial charge in [-0.3, -0.25) is 4.79 Å². The zero-order chi connectivity index (χ0) is 11.0. The maximum atomic E-state index is 10.8. The quantitative estimate of drug-likeness (QED) is 0.370. The Bertz CT molecular complexity index is 216. The van der Waals surface area contributed by atoms with Crippen LogP contribution in [0.3, 0.4) is 0 Å². The van der Waals surface area contributed by atoms with E-state index in [1.807, 2.05) is 26.0 Å². The molecule has 0 radical (unpaired) electrons. The number of hydrogen-bond donors (Lipinski definition) is 0. The number of allylic oxidation sites excluding steroid dienone is 2. The topological polar surface area (TPSA) is 26.3 Å². The van der Waals surface area contributed by atoms with Gasteiger partial charge in [-0.05, 0) is 38.7 Å². The van der Waals surface area contributed by atoms with E-state index in [9.17, 15) is 4.79 Å². The van der Waals surface area contributed by atoms with Crippen LogP contribution in [0.15, 0.2) is 24.3 Å². The maximum absolute atomic E-state index is 10.8. The number of hydrogen-bond acceptors (Lipinski definition) is 2. The van der Waals surface area contributed by atoms with Gasteiger partial charge >= 0.3 is 5.97 Å². The van der Waals surface area contributed by atoms with Gasteiger partial charge in [0.15, 0.2) is 0 Å². The SMILES string of the molecule is C=CCCC[C@@H](OC(C)=O)/C(C)=C/C. The second kappa shape index (κ2) is 7.36. The average molecular weight is 196 g/mol. The third kappa shape index (κ3) is 5.57. The van der Waals surface area contributed by atoms with Crippen LogP contribution in [-0.2, 0) is 9.53 Å². The van der Waals surface area contributed by atoms with Crippen LogP contribution in [0.25, 0.3) is 0 Å². The van der Waals surface area contributed by atoms with E-state index < -0.39 is 0 Å². The molecule has 2 heteroatoms. The van der Waals surface area contributed by atoms with E-state index in [0.29, 0.717) is 0 Å². The molecule has 0 amide bonds. The molecule has 0 fully saturated rings. The minimum atomic E-state index is -0.213. The molecule has 2 nitrogen and oxygen atoms in total. The van der Waals surface area contributed by atoms with Crippen molar-refractivity contribution in [2.45, 2.75) is 46.1 Å².